The summed E-state index contributed by atoms with van der Waals surface area (Å²) in [5, 5.41) is 13.0. The van der Waals surface area contributed by atoms with E-state index < -0.39 is 0 Å². The van der Waals surface area contributed by atoms with Crippen LogP contribution in [0.15, 0.2) is 12.4 Å². The summed E-state index contributed by atoms with van der Waals surface area (Å²) in [7, 11) is 0. The monoisotopic (exact) mass is 263 g/mol. The van der Waals surface area contributed by atoms with Crippen molar-refractivity contribution in [2.24, 2.45) is 0 Å². The lowest BCUT2D eigenvalue weighted by molar-refractivity contribution is 0.108. The average molecular weight is 263 g/mol. The molecule has 1 atom stereocenters. The maximum atomic E-state index is 9.51. The molecule has 1 aliphatic carbocycles. The molecule has 2 heterocycles. The van der Waals surface area contributed by atoms with E-state index in [0.717, 1.165) is 56.6 Å². The fraction of sp³-hybridized carbons (Fsp3) is 0.714. The topological polar surface area (TPSA) is 67.3 Å². The molecule has 0 radical (unpaired) electrons. The van der Waals surface area contributed by atoms with E-state index in [2.05, 4.69) is 15.3 Å². The number of nitrogens with zero attached hydrogens (tertiary/aromatic N) is 2. The first-order chi connectivity index (χ1) is 9.31. The molecule has 1 saturated carbocycles. The Balaban J connectivity index is 1.62. The van der Waals surface area contributed by atoms with E-state index >= 15 is 0 Å². The molecule has 3 rings (SSSR count). The van der Waals surface area contributed by atoms with Crippen LogP contribution in [0.5, 0.6) is 0 Å². The molecule has 0 amide bonds. The molecule has 2 fully saturated rings. The minimum absolute atomic E-state index is 0.120. The maximum Gasteiger partial charge on any atom is 0.129 e. The third-order valence-corrected chi connectivity index (χ3v) is 4.00. The molecule has 2 N–H and O–H groups in total. The van der Waals surface area contributed by atoms with Crippen molar-refractivity contribution in [1.29, 1.82) is 0 Å². The van der Waals surface area contributed by atoms with Gasteiger partial charge in [-0.2, -0.15) is 0 Å². The number of anilines is 1. The average Bonchev–Trinajstić information content (AvgIpc) is 2.96. The summed E-state index contributed by atoms with van der Waals surface area (Å²) >= 11 is 0. The van der Waals surface area contributed by atoms with Crippen molar-refractivity contribution >= 4 is 5.82 Å². The van der Waals surface area contributed by atoms with Crippen LogP contribution >= 0.6 is 0 Å². The van der Waals surface area contributed by atoms with Gasteiger partial charge >= 0.3 is 0 Å². The van der Waals surface area contributed by atoms with Crippen molar-refractivity contribution in [2.75, 3.05) is 11.9 Å². The lowest BCUT2D eigenvalue weighted by Crippen LogP contribution is -2.28. The number of aliphatic hydroxyl groups is 1. The van der Waals surface area contributed by atoms with Gasteiger partial charge in [-0.05, 0) is 38.5 Å². The van der Waals surface area contributed by atoms with E-state index in [1.54, 1.807) is 6.33 Å². The zero-order valence-electron chi connectivity index (χ0n) is 11.1. The number of hydrogen-bond acceptors (Lipinski definition) is 5. The SMILES string of the molecule is OC1CCC(Nc2cc(C3CCCO3)ncn2)CC1. The summed E-state index contributed by atoms with van der Waals surface area (Å²) in [6.45, 7) is 0.831. The zero-order valence-corrected chi connectivity index (χ0v) is 11.1. The van der Waals surface area contributed by atoms with Crippen molar-refractivity contribution in [3.63, 3.8) is 0 Å². The third kappa shape index (κ3) is 3.22. The van der Waals surface area contributed by atoms with Crippen LogP contribution in [0.25, 0.3) is 0 Å². The number of nitrogens with one attached hydrogen (secondary N) is 1. The molecule has 2 aliphatic rings. The maximum absolute atomic E-state index is 9.51. The molecule has 0 bridgehead atoms. The Morgan fingerprint density at radius 2 is 2.00 bits per heavy atom. The lowest BCUT2D eigenvalue weighted by Gasteiger charge is -2.26. The van der Waals surface area contributed by atoms with Gasteiger partial charge < -0.3 is 15.2 Å². The van der Waals surface area contributed by atoms with Gasteiger partial charge in [-0.25, -0.2) is 9.97 Å². The molecule has 5 nitrogen and oxygen atoms in total. The van der Waals surface area contributed by atoms with Crippen LogP contribution in [-0.4, -0.2) is 33.8 Å². The first-order valence-corrected chi connectivity index (χ1v) is 7.19. The first-order valence-electron chi connectivity index (χ1n) is 7.19. The normalized spacial score (nSPS) is 31.3. The number of aromatic nitrogens is 2. The highest BCUT2D eigenvalue weighted by Crippen LogP contribution is 2.28. The smallest absolute Gasteiger partial charge is 0.129 e. The van der Waals surface area contributed by atoms with E-state index in [1.807, 2.05) is 6.07 Å². The quantitative estimate of drug-likeness (QED) is 0.873. The van der Waals surface area contributed by atoms with Crippen LogP contribution in [0, 0.1) is 0 Å². The Morgan fingerprint density at radius 1 is 1.16 bits per heavy atom. The van der Waals surface area contributed by atoms with Crippen molar-refractivity contribution < 1.29 is 9.84 Å². The molecular formula is C14H21N3O2. The summed E-state index contributed by atoms with van der Waals surface area (Å²) in [6.07, 6.45) is 7.53. The number of rotatable bonds is 3. The molecule has 5 heteroatoms. The highest BCUT2D eigenvalue weighted by atomic mass is 16.5. The predicted molar refractivity (Wildman–Crippen MR) is 71.8 cm³/mol. The molecule has 1 aliphatic heterocycles. The molecule has 0 spiro atoms. The Kier molecular flexibility index (Phi) is 3.94. The van der Waals surface area contributed by atoms with Gasteiger partial charge in [0.2, 0.25) is 0 Å². The third-order valence-electron chi connectivity index (χ3n) is 4.00. The zero-order chi connectivity index (χ0) is 13.1. The van der Waals surface area contributed by atoms with Crippen LogP contribution in [0.2, 0.25) is 0 Å². The number of hydrogen-bond donors (Lipinski definition) is 2. The Hall–Kier alpha value is -1.20. The molecule has 1 aromatic rings. The summed E-state index contributed by atoms with van der Waals surface area (Å²) < 4.78 is 5.65. The Bertz CT molecular complexity index is 413. The molecule has 19 heavy (non-hydrogen) atoms. The highest BCUT2D eigenvalue weighted by Gasteiger charge is 2.22. The molecule has 1 unspecified atom stereocenters. The number of ether oxygens (including phenoxy) is 1. The van der Waals surface area contributed by atoms with Crippen LogP contribution < -0.4 is 5.32 Å². The second-order valence-corrected chi connectivity index (χ2v) is 5.48. The van der Waals surface area contributed by atoms with Crippen molar-refractivity contribution in [1.82, 2.24) is 9.97 Å². The lowest BCUT2D eigenvalue weighted by atomic mass is 9.93. The van der Waals surface area contributed by atoms with Crippen molar-refractivity contribution in [3.05, 3.63) is 18.1 Å². The molecule has 0 aromatic carbocycles. The van der Waals surface area contributed by atoms with Gasteiger partial charge in [-0.3, -0.25) is 0 Å². The summed E-state index contributed by atoms with van der Waals surface area (Å²) in [5.41, 5.74) is 0.978. The van der Waals surface area contributed by atoms with E-state index in [0.29, 0.717) is 6.04 Å². The number of aliphatic hydroxyl groups excluding tert-OH is 1. The van der Waals surface area contributed by atoms with Crippen LogP contribution in [0.4, 0.5) is 5.82 Å². The largest absolute Gasteiger partial charge is 0.393 e. The standard InChI is InChI=1S/C14H21N3O2/c18-11-5-3-10(4-6-11)17-14-8-12(15-9-16-14)13-2-1-7-19-13/h8-11,13,18H,1-7H2,(H,15,16,17). The first kappa shape index (κ1) is 12.8. The fourth-order valence-corrected chi connectivity index (χ4v) is 2.87. The van der Waals surface area contributed by atoms with Crippen LogP contribution in [0.1, 0.15) is 50.3 Å². The van der Waals surface area contributed by atoms with E-state index in [4.69, 9.17) is 4.74 Å². The predicted octanol–water partition coefficient (Wildman–Crippen LogP) is 2.04. The van der Waals surface area contributed by atoms with Gasteiger partial charge in [-0.15, -0.1) is 0 Å². The fourth-order valence-electron chi connectivity index (χ4n) is 2.87. The summed E-state index contributed by atoms with van der Waals surface area (Å²) in [4.78, 5) is 8.59. The summed E-state index contributed by atoms with van der Waals surface area (Å²) in [6, 6.07) is 2.41. The van der Waals surface area contributed by atoms with Gasteiger partial charge in [-0.1, -0.05) is 0 Å². The summed E-state index contributed by atoms with van der Waals surface area (Å²) in [5.74, 6) is 0.877. The Labute approximate surface area is 113 Å². The molecule has 104 valence electrons. The minimum atomic E-state index is -0.120. The molecular weight excluding hydrogens is 242 g/mol. The van der Waals surface area contributed by atoms with Gasteiger partial charge in [0.25, 0.3) is 0 Å². The van der Waals surface area contributed by atoms with Gasteiger partial charge in [0, 0.05) is 18.7 Å². The van der Waals surface area contributed by atoms with E-state index in [9.17, 15) is 5.11 Å². The molecule has 1 aromatic heterocycles. The van der Waals surface area contributed by atoms with Crippen molar-refractivity contribution in [2.45, 2.75) is 56.8 Å². The minimum Gasteiger partial charge on any atom is -0.393 e. The van der Waals surface area contributed by atoms with E-state index in [1.165, 1.54) is 0 Å². The Morgan fingerprint density at radius 3 is 2.74 bits per heavy atom. The molecule has 1 saturated heterocycles. The van der Waals surface area contributed by atoms with Gasteiger partial charge in [0.05, 0.1) is 17.9 Å². The highest BCUT2D eigenvalue weighted by molar-refractivity contribution is 5.36. The van der Waals surface area contributed by atoms with Gasteiger partial charge in [0.15, 0.2) is 0 Å². The second-order valence-electron chi connectivity index (χ2n) is 5.48. The second kappa shape index (κ2) is 5.84. The van der Waals surface area contributed by atoms with Gasteiger partial charge in [0.1, 0.15) is 12.1 Å². The van der Waals surface area contributed by atoms with E-state index in [-0.39, 0.29) is 12.2 Å². The van der Waals surface area contributed by atoms with Crippen molar-refractivity contribution in [3.8, 4) is 0 Å². The van der Waals surface area contributed by atoms with Crippen LogP contribution in [0.3, 0.4) is 0 Å². The van der Waals surface area contributed by atoms with Crippen LogP contribution in [-0.2, 0) is 4.74 Å².